The van der Waals surface area contributed by atoms with Crippen LogP contribution in [-0.2, 0) is 6.54 Å². The molecule has 0 atom stereocenters. The number of aromatic nitrogens is 5. The Hall–Kier alpha value is -3.03. The van der Waals surface area contributed by atoms with Crippen LogP contribution in [0.15, 0.2) is 42.7 Å². The van der Waals surface area contributed by atoms with E-state index < -0.39 is 0 Å². The van der Waals surface area contributed by atoms with Crippen molar-refractivity contribution in [3.8, 4) is 5.95 Å². The Bertz CT molecular complexity index is 725. The zero-order chi connectivity index (χ0) is 14.7. The number of benzene rings is 1. The van der Waals surface area contributed by atoms with E-state index in [0.717, 1.165) is 5.56 Å². The highest BCUT2D eigenvalue weighted by Crippen LogP contribution is 2.09. The molecule has 3 rings (SSSR count). The molecule has 3 aromatic rings. The molecule has 1 aromatic carbocycles. The molecule has 0 saturated heterocycles. The number of hydrogen-bond acceptors (Lipinski definition) is 6. The standard InChI is InChI=1S/C13H12FN7/c14-10-4-2-9(3-5-10)8-16-12-18-11(15)19-13(20-12)21-7-1-6-17-21/h1-7H,8H2,(H3,15,16,18,19,20). The quantitative estimate of drug-likeness (QED) is 0.752. The fraction of sp³-hybridized carbons (Fsp3) is 0.0769. The van der Waals surface area contributed by atoms with E-state index in [9.17, 15) is 4.39 Å². The molecule has 3 N–H and O–H groups in total. The molecule has 7 nitrogen and oxygen atoms in total. The SMILES string of the molecule is Nc1nc(NCc2ccc(F)cc2)nc(-n2cccn2)n1. The average molecular weight is 285 g/mol. The summed E-state index contributed by atoms with van der Waals surface area (Å²) in [5.41, 5.74) is 6.56. The zero-order valence-corrected chi connectivity index (χ0v) is 10.9. The van der Waals surface area contributed by atoms with E-state index in [4.69, 9.17) is 5.73 Å². The molecule has 0 fully saturated rings. The van der Waals surface area contributed by atoms with E-state index >= 15 is 0 Å². The molecule has 0 amide bonds. The minimum absolute atomic E-state index is 0.0945. The summed E-state index contributed by atoms with van der Waals surface area (Å²) in [6.07, 6.45) is 3.32. The maximum atomic E-state index is 12.8. The molecule has 0 spiro atoms. The third-order valence-electron chi connectivity index (χ3n) is 2.71. The van der Waals surface area contributed by atoms with Crippen molar-refractivity contribution < 1.29 is 4.39 Å². The first-order valence-electron chi connectivity index (χ1n) is 6.20. The molecule has 106 valence electrons. The largest absolute Gasteiger partial charge is 0.368 e. The number of halogens is 1. The van der Waals surface area contributed by atoms with Gasteiger partial charge in [0.1, 0.15) is 5.82 Å². The number of nitrogens with two attached hydrogens (primary N) is 1. The van der Waals surface area contributed by atoms with Crippen LogP contribution in [0.4, 0.5) is 16.3 Å². The van der Waals surface area contributed by atoms with Gasteiger partial charge in [-0.25, -0.2) is 9.07 Å². The molecular formula is C13H12FN7. The van der Waals surface area contributed by atoms with Crippen LogP contribution in [-0.4, -0.2) is 24.7 Å². The summed E-state index contributed by atoms with van der Waals surface area (Å²) < 4.78 is 14.3. The van der Waals surface area contributed by atoms with Crippen LogP contribution in [0.25, 0.3) is 5.95 Å². The van der Waals surface area contributed by atoms with Gasteiger partial charge < -0.3 is 11.1 Å². The molecule has 2 aromatic heterocycles. The van der Waals surface area contributed by atoms with Crippen molar-refractivity contribution in [1.82, 2.24) is 24.7 Å². The van der Waals surface area contributed by atoms with Crippen LogP contribution >= 0.6 is 0 Å². The van der Waals surface area contributed by atoms with E-state index in [2.05, 4.69) is 25.4 Å². The summed E-state index contributed by atoms with van der Waals surface area (Å²) in [6.45, 7) is 0.447. The predicted molar refractivity (Wildman–Crippen MR) is 75.1 cm³/mol. The minimum atomic E-state index is -0.274. The molecule has 0 radical (unpaired) electrons. The van der Waals surface area contributed by atoms with Gasteiger partial charge in [0.05, 0.1) is 0 Å². The molecule has 2 heterocycles. The second-order valence-corrected chi connectivity index (χ2v) is 4.25. The normalized spacial score (nSPS) is 10.5. The lowest BCUT2D eigenvalue weighted by Gasteiger charge is -2.07. The van der Waals surface area contributed by atoms with Crippen molar-refractivity contribution in [3.63, 3.8) is 0 Å². The molecular weight excluding hydrogens is 273 g/mol. The van der Waals surface area contributed by atoms with E-state index in [-0.39, 0.29) is 11.8 Å². The number of rotatable bonds is 4. The monoisotopic (exact) mass is 285 g/mol. The lowest BCUT2D eigenvalue weighted by molar-refractivity contribution is 0.627. The molecule has 0 aliphatic heterocycles. The van der Waals surface area contributed by atoms with Crippen LogP contribution in [0.5, 0.6) is 0 Å². The second kappa shape index (κ2) is 5.53. The molecule has 0 unspecified atom stereocenters. The van der Waals surface area contributed by atoms with Gasteiger partial charge in [-0.2, -0.15) is 20.1 Å². The number of nitrogens with zero attached hydrogens (tertiary/aromatic N) is 5. The number of nitrogen functional groups attached to an aromatic ring is 1. The molecule has 21 heavy (non-hydrogen) atoms. The summed E-state index contributed by atoms with van der Waals surface area (Å²) in [6, 6.07) is 7.91. The van der Waals surface area contributed by atoms with Gasteiger partial charge in [0, 0.05) is 18.9 Å². The second-order valence-electron chi connectivity index (χ2n) is 4.25. The van der Waals surface area contributed by atoms with E-state index in [1.807, 2.05) is 0 Å². The van der Waals surface area contributed by atoms with Crippen LogP contribution < -0.4 is 11.1 Å². The highest BCUT2D eigenvalue weighted by Gasteiger charge is 2.06. The number of nitrogens with one attached hydrogen (secondary N) is 1. The Morgan fingerprint density at radius 3 is 2.67 bits per heavy atom. The van der Waals surface area contributed by atoms with Crippen LogP contribution in [0.2, 0.25) is 0 Å². The summed E-state index contributed by atoms with van der Waals surface area (Å²) in [5, 5.41) is 7.05. The smallest absolute Gasteiger partial charge is 0.257 e. The van der Waals surface area contributed by atoms with Gasteiger partial charge in [-0.1, -0.05) is 12.1 Å². The highest BCUT2D eigenvalue weighted by atomic mass is 19.1. The van der Waals surface area contributed by atoms with E-state index in [1.54, 1.807) is 30.6 Å². The topological polar surface area (TPSA) is 94.5 Å². The molecule has 0 aliphatic carbocycles. The summed E-state index contributed by atoms with van der Waals surface area (Å²) in [4.78, 5) is 12.2. The van der Waals surface area contributed by atoms with Gasteiger partial charge in [0.15, 0.2) is 0 Å². The maximum absolute atomic E-state index is 12.8. The summed E-state index contributed by atoms with van der Waals surface area (Å²) >= 11 is 0. The van der Waals surface area contributed by atoms with Crippen molar-refractivity contribution in [1.29, 1.82) is 0 Å². The van der Waals surface area contributed by atoms with Crippen molar-refractivity contribution in [2.24, 2.45) is 0 Å². The van der Waals surface area contributed by atoms with Gasteiger partial charge in [-0.15, -0.1) is 0 Å². The van der Waals surface area contributed by atoms with Crippen LogP contribution in [0.3, 0.4) is 0 Å². The predicted octanol–water partition coefficient (Wildman–Crippen LogP) is 1.39. The fourth-order valence-corrected chi connectivity index (χ4v) is 1.73. The first-order chi connectivity index (χ1) is 10.2. The average Bonchev–Trinajstić information content (AvgIpc) is 3.00. The first-order valence-corrected chi connectivity index (χ1v) is 6.20. The van der Waals surface area contributed by atoms with Gasteiger partial charge in [0.2, 0.25) is 11.9 Å². The first kappa shape index (κ1) is 13.0. The van der Waals surface area contributed by atoms with E-state index in [1.165, 1.54) is 16.8 Å². The highest BCUT2D eigenvalue weighted by molar-refractivity contribution is 5.35. The van der Waals surface area contributed by atoms with Crippen molar-refractivity contribution in [2.45, 2.75) is 6.54 Å². The van der Waals surface area contributed by atoms with Crippen LogP contribution in [0.1, 0.15) is 5.56 Å². The molecule has 0 bridgehead atoms. The molecule has 8 heteroatoms. The Balaban J connectivity index is 1.78. The van der Waals surface area contributed by atoms with Gasteiger partial charge in [0.25, 0.3) is 5.95 Å². The fourth-order valence-electron chi connectivity index (χ4n) is 1.73. The van der Waals surface area contributed by atoms with E-state index in [0.29, 0.717) is 18.4 Å². The minimum Gasteiger partial charge on any atom is -0.368 e. The summed E-state index contributed by atoms with van der Waals surface area (Å²) in [5.74, 6) is 0.479. The molecule has 0 saturated carbocycles. The van der Waals surface area contributed by atoms with Crippen molar-refractivity contribution in [3.05, 3.63) is 54.1 Å². The lowest BCUT2D eigenvalue weighted by atomic mass is 10.2. The third kappa shape index (κ3) is 3.11. The number of anilines is 2. The van der Waals surface area contributed by atoms with Crippen molar-refractivity contribution in [2.75, 3.05) is 11.1 Å². The Labute approximate surface area is 119 Å². The third-order valence-corrected chi connectivity index (χ3v) is 2.71. The maximum Gasteiger partial charge on any atom is 0.257 e. The molecule has 0 aliphatic rings. The van der Waals surface area contributed by atoms with Gasteiger partial charge >= 0.3 is 0 Å². The Kier molecular flexibility index (Phi) is 3.42. The zero-order valence-electron chi connectivity index (χ0n) is 10.9. The summed E-state index contributed by atoms with van der Waals surface area (Å²) in [7, 11) is 0. The number of hydrogen-bond donors (Lipinski definition) is 2. The lowest BCUT2D eigenvalue weighted by Crippen LogP contribution is -2.11. The van der Waals surface area contributed by atoms with Crippen molar-refractivity contribution >= 4 is 11.9 Å². The van der Waals surface area contributed by atoms with Gasteiger partial charge in [-0.3, -0.25) is 0 Å². The van der Waals surface area contributed by atoms with Gasteiger partial charge in [-0.05, 0) is 23.8 Å². The van der Waals surface area contributed by atoms with Crippen LogP contribution in [0, 0.1) is 5.82 Å². The Morgan fingerprint density at radius 1 is 1.14 bits per heavy atom. The Morgan fingerprint density at radius 2 is 1.95 bits per heavy atom.